The Morgan fingerprint density at radius 3 is 2.47 bits per heavy atom. The Morgan fingerprint density at radius 1 is 1.16 bits per heavy atom. The van der Waals surface area contributed by atoms with Crippen LogP contribution in [0.15, 0.2) is 40.9 Å². The Morgan fingerprint density at radius 2 is 1.86 bits per heavy atom. The number of benzene rings is 2. The van der Waals surface area contributed by atoms with Crippen LogP contribution in [0.1, 0.15) is 67.4 Å². The van der Waals surface area contributed by atoms with Gasteiger partial charge in [0.1, 0.15) is 5.69 Å². The van der Waals surface area contributed by atoms with Crippen molar-refractivity contribution in [1.29, 1.82) is 0 Å². The van der Waals surface area contributed by atoms with E-state index in [0.29, 0.717) is 53.7 Å². The van der Waals surface area contributed by atoms with Crippen molar-refractivity contribution < 1.29 is 27.9 Å². The number of halogens is 1. The van der Waals surface area contributed by atoms with Crippen molar-refractivity contribution in [3.05, 3.63) is 52.1 Å². The van der Waals surface area contributed by atoms with Gasteiger partial charge in [-0.1, -0.05) is 22.4 Å². The first-order valence-corrected chi connectivity index (χ1v) is 17.0. The zero-order valence-electron chi connectivity index (χ0n) is 24.4. The molecule has 0 bridgehead atoms. The summed E-state index contributed by atoms with van der Waals surface area (Å²) in [4.78, 5) is 37.7. The molecule has 2 aliphatic carbocycles. The van der Waals surface area contributed by atoms with Crippen LogP contribution in [0.5, 0.6) is 0 Å². The number of hydrogen-bond donors (Lipinski definition) is 3. The lowest BCUT2D eigenvalue weighted by Gasteiger charge is -2.28. The van der Waals surface area contributed by atoms with Crippen LogP contribution in [-0.2, 0) is 19.6 Å². The predicted molar refractivity (Wildman–Crippen MR) is 167 cm³/mol. The second kappa shape index (κ2) is 11.9. The van der Waals surface area contributed by atoms with Crippen molar-refractivity contribution in [2.24, 2.45) is 11.3 Å². The topological polar surface area (TPSA) is 151 Å². The number of amides is 2. The summed E-state index contributed by atoms with van der Waals surface area (Å²) in [6.45, 7) is 2.00. The summed E-state index contributed by atoms with van der Waals surface area (Å²) in [5.41, 5.74) is 1.90. The predicted octanol–water partition coefficient (Wildman–Crippen LogP) is 4.19. The van der Waals surface area contributed by atoms with E-state index in [0.717, 1.165) is 29.1 Å². The van der Waals surface area contributed by atoms with Gasteiger partial charge < -0.3 is 15.7 Å². The van der Waals surface area contributed by atoms with Gasteiger partial charge in [-0.15, -0.1) is 0 Å². The van der Waals surface area contributed by atoms with Gasteiger partial charge in [0, 0.05) is 30.0 Å². The number of aromatic nitrogens is 2. The molecule has 5 rings (SSSR count). The fraction of sp³-hybridized carbons (Fsp3) is 0.467. The van der Waals surface area contributed by atoms with E-state index in [2.05, 4.69) is 26.6 Å². The molecule has 3 aromatic rings. The van der Waals surface area contributed by atoms with Gasteiger partial charge in [0.25, 0.3) is 5.91 Å². The van der Waals surface area contributed by atoms with Crippen molar-refractivity contribution in [3.8, 4) is 5.69 Å². The average Bonchev–Trinajstić information content (AvgIpc) is 3.62. The minimum atomic E-state index is -3.72. The van der Waals surface area contributed by atoms with Gasteiger partial charge in [-0.05, 0) is 86.9 Å². The Balaban J connectivity index is 1.46. The summed E-state index contributed by atoms with van der Waals surface area (Å²) in [6.07, 6.45) is 4.94. The van der Waals surface area contributed by atoms with Gasteiger partial charge in [-0.3, -0.25) is 18.7 Å². The fourth-order valence-electron chi connectivity index (χ4n) is 6.11. The highest BCUT2D eigenvalue weighted by Crippen LogP contribution is 2.47. The van der Waals surface area contributed by atoms with Crippen molar-refractivity contribution in [3.63, 3.8) is 0 Å². The molecule has 0 radical (unpaired) electrons. The molecule has 43 heavy (non-hydrogen) atoms. The Labute approximate surface area is 259 Å². The quantitative estimate of drug-likeness (QED) is 0.258. The van der Waals surface area contributed by atoms with Crippen LogP contribution in [0.2, 0.25) is 0 Å². The second-order valence-electron chi connectivity index (χ2n) is 11.7. The van der Waals surface area contributed by atoms with Crippen LogP contribution in [0, 0.1) is 11.3 Å². The van der Waals surface area contributed by atoms with Crippen LogP contribution >= 0.6 is 15.9 Å². The number of carbonyl (C=O) groups excluding carboxylic acids is 2. The molecule has 0 saturated heterocycles. The number of anilines is 1. The van der Waals surface area contributed by atoms with E-state index in [1.807, 2.05) is 30.3 Å². The second-order valence-corrected chi connectivity index (χ2v) is 14.5. The minimum absolute atomic E-state index is 0.110. The van der Waals surface area contributed by atoms with Gasteiger partial charge in [-0.2, -0.15) is 5.10 Å². The highest BCUT2D eigenvalue weighted by atomic mass is 79.9. The summed E-state index contributed by atoms with van der Waals surface area (Å²) >= 11 is 3.43. The highest BCUT2D eigenvalue weighted by molar-refractivity contribution is 9.10. The number of rotatable bonds is 11. The minimum Gasteiger partial charge on any atom is -0.481 e. The number of carboxylic acids is 1. The van der Waals surface area contributed by atoms with Gasteiger partial charge in [0.2, 0.25) is 15.9 Å². The summed E-state index contributed by atoms with van der Waals surface area (Å²) in [7, 11) is -2.16. The molecule has 11 nitrogen and oxygen atoms in total. The molecule has 13 heteroatoms. The molecule has 1 heterocycles. The first-order chi connectivity index (χ1) is 20.3. The molecule has 3 N–H and O–H groups in total. The molecule has 2 atom stereocenters. The third-order valence-electron chi connectivity index (χ3n) is 8.62. The van der Waals surface area contributed by atoms with E-state index in [-0.39, 0.29) is 30.8 Å². The first kappa shape index (κ1) is 31.0. The van der Waals surface area contributed by atoms with E-state index in [4.69, 9.17) is 5.10 Å². The molecule has 1 aromatic heterocycles. The molecule has 0 spiro atoms. The van der Waals surface area contributed by atoms with Crippen LogP contribution in [0.4, 0.5) is 5.69 Å². The summed E-state index contributed by atoms with van der Waals surface area (Å²) in [6, 6.07) is 11.0. The van der Waals surface area contributed by atoms with Crippen molar-refractivity contribution in [2.45, 2.75) is 51.4 Å². The molecule has 0 aliphatic heterocycles. The number of nitrogens with zero attached hydrogens (tertiary/aromatic N) is 3. The van der Waals surface area contributed by atoms with Gasteiger partial charge in [0.05, 0.1) is 34.5 Å². The Hall–Kier alpha value is -3.45. The monoisotopic (exact) mass is 673 g/mol. The van der Waals surface area contributed by atoms with Crippen molar-refractivity contribution in [2.75, 3.05) is 30.7 Å². The largest absolute Gasteiger partial charge is 0.481 e. The molecule has 2 fully saturated rings. The maximum absolute atomic E-state index is 13.1. The SMILES string of the molecule is CNC(=O)c1c2cc(C3CC3)c(N(CCCNC(=O)[C@@]3(C)CCC[C@H]3C(=O)O)S(C)(=O)=O)cc2nn1-c1ccc(Br)cc1. The first-order valence-electron chi connectivity index (χ1n) is 14.4. The van der Waals surface area contributed by atoms with Crippen molar-refractivity contribution >= 4 is 60.3 Å². The number of carbonyl (C=O) groups is 3. The van der Waals surface area contributed by atoms with Gasteiger partial charge >= 0.3 is 5.97 Å². The van der Waals surface area contributed by atoms with E-state index < -0.39 is 27.3 Å². The van der Waals surface area contributed by atoms with Crippen LogP contribution in [0.3, 0.4) is 0 Å². The van der Waals surface area contributed by atoms with E-state index in [9.17, 15) is 27.9 Å². The average molecular weight is 675 g/mol. The lowest BCUT2D eigenvalue weighted by atomic mass is 9.79. The summed E-state index contributed by atoms with van der Waals surface area (Å²) in [5.74, 6) is -2.17. The highest BCUT2D eigenvalue weighted by Gasteiger charge is 2.48. The Kier molecular flexibility index (Phi) is 8.59. The standard InChI is InChI=1S/C30H36BrN5O6S/c1-30(13-4-6-23(30)28(38)39)29(40)33-14-5-15-35(43(3,41)42)25-17-24-22(16-21(25)18-7-8-18)26(27(37)32-2)36(34-24)20-11-9-19(31)10-12-20/h9-12,16-18,23H,4-8,13-15H2,1-3H3,(H,32,37)(H,33,40)(H,38,39)/t23-,30-/m0/s1. The number of aliphatic carboxylic acids is 1. The van der Waals surface area contributed by atoms with Gasteiger partial charge in [-0.25, -0.2) is 13.1 Å². The molecular weight excluding hydrogens is 638 g/mol. The number of carboxylic acid groups (broad SMARTS) is 1. The molecule has 230 valence electrons. The lowest BCUT2D eigenvalue weighted by molar-refractivity contribution is -0.150. The zero-order valence-corrected chi connectivity index (χ0v) is 26.8. The van der Waals surface area contributed by atoms with Crippen molar-refractivity contribution in [1.82, 2.24) is 20.4 Å². The lowest BCUT2D eigenvalue weighted by Crippen LogP contribution is -2.44. The van der Waals surface area contributed by atoms with Gasteiger partial charge in [0.15, 0.2) is 0 Å². The van der Waals surface area contributed by atoms with E-state index in [1.165, 1.54) is 4.31 Å². The zero-order chi connectivity index (χ0) is 31.1. The number of nitrogens with one attached hydrogen (secondary N) is 2. The fourth-order valence-corrected chi connectivity index (χ4v) is 7.35. The van der Waals surface area contributed by atoms with E-state index in [1.54, 1.807) is 24.7 Å². The number of hydrogen-bond acceptors (Lipinski definition) is 6. The molecule has 2 amide bonds. The molecule has 2 aromatic carbocycles. The van der Waals surface area contributed by atoms with Crippen LogP contribution in [-0.4, -0.2) is 67.5 Å². The Bertz CT molecular complexity index is 1680. The molecule has 0 unspecified atom stereocenters. The molecule has 2 aliphatic rings. The third kappa shape index (κ3) is 6.14. The summed E-state index contributed by atoms with van der Waals surface area (Å²) in [5, 5.41) is 20.5. The molecular formula is C30H36BrN5O6S. The number of sulfonamides is 1. The number of fused-ring (bicyclic) bond motifs is 1. The maximum Gasteiger partial charge on any atom is 0.307 e. The van der Waals surface area contributed by atoms with E-state index >= 15 is 0 Å². The third-order valence-corrected chi connectivity index (χ3v) is 10.3. The summed E-state index contributed by atoms with van der Waals surface area (Å²) < 4.78 is 30.1. The molecule has 2 saturated carbocycles. The maximum atomic E-state index is 13.1. The normalized spacial score (nSPS) is 20.2. The smallest absolute Gasteiger partial charge is 0.307 e. The van der Waals surface area contributed by atoms with Crippen LogP contribution < -0.4 is 14.9 Å². The van der Waals surface area contributed by atoms with Crippen LogP contribution in [0.25, 0.3) is 16.6 Å².